The number of amides is 2. The van der Waals surface area contributed by atoms with E-state index in [1.807, 2.05) is 30.3 Å². The molecule has 0 radical (unpaired) electrons. The SMILES string of the molecule is C=CC[C@H](O)[C@H](O)[C@H](CC1CCCCC1)NC(=O)[C@H](CC1CC1)NC(=O)[C@H](Cc1ccccc1)CS(=O)(=O)CCN(C)C. The molecule has 0 heterocycles. The number of aliphatic hydroxyl groups is 2. The third kappa shape index (κ3) is 12.7. The summed E-state index contributed by atoms with van der Waals surface area (Å²) in [6, 6.07) is 7.78. The van der Waals surface area contributed by atoms with E-state index in [-0.39, 0.29) is 24.3 Å². The highest BCUT2D eigenvalue weighted by Gasteiger charge is 2.36. The van der Waals surface area contributed by atoms with Gasteiger partial charge in [0, 0.05) is 6.54 Å². The van der Waals surface area contributed by atoms with Crippen LogP contribution in [-0.4, -0.2) is 91.8 Å². The largest absolute Gasteiger partial charge is 0.390 e. The molecule has 0 aliphatic heterocycles. The molecule has 1 aromatic carbocycles. The van der Waals surface area contributed by atoms with Crippen LogP contribution in [0.15, 0.2) is 43.0 Å². The fraction of sp³-hybridized carbons (Fsp3) is 0.697. The molecule has 0 bridgehead atoms. The Bertz CT molecular complexity index is 1120. The lowest BCUT2D eigenvalue weighted by atomic mass is 9.82. The number of sulfone groups is 1. The van der Waals surface area contributed by atoms with E-state index in [4.69, 9.17) is 0 Å². The van der Waals surface area contributed by atoms with Gasteiger partial charge in [-0.25, -0.2) is 8.42 Å². The van der Waals surface area contributed by atoms with Gasteiger partial charge in [-0.15, -0.1) is 6.58 Å². The van der Waals surface area contributed by atoms with Crippen molar-refractivity contribution in [3.05, 3.63) is 48.6 Å². The monoisotopic (exact) mass is 619 g/mol. The Labute approximate surface area is 258 Å². The first-order chi connectivity index (χ1) is 20.5. The quantitative estimate of drug-likeness (QED) is 0.175. The maximum atomic E-state index is 13.8. The van der Waals surface area contributed by atoms with Crippen LogP contribution in [0.2, 0.25) is 0 Å². The van der Waals surface area contributed by atoms with E-state index in [0.29, 0.717) is 31.2 Å². The van der Waals surface area contributed by atoms with Gasteiger partial charge in [0.05, 0.1) is 29.6 Å². The molecule has 2 saturated carbocycles. The van der Waals surface area contributed by atoms with E-state index in [1.54, 1.807) is 25.1 Å². The van der Waals surface area contributed by atoms with Gasteiger partial charge in [-0.05, 0) is 57.2 Å². The molecule has 5 atom stereocenters. The summed E-state index contributed by atoms with van der Waals surface area (Å²) in [5, 5.41) is 27.5. The normalized spacial score (nSPS) is 19.7. The standard InChI is InChI=1S/C33H53N3O6S/c1-4-11-30(37)31(38)28(21-25-14-9-6-10-15-25)34-33(40)29(22-26-16-17-26)35-32(39)27(20-24-12-7-5-8-13-24)23-43(41,42)19-18-36(2)3/h4-5,7-8,12-13,25-31,37-38H,1,6,9-11,14-23H2,2-3H3,(H,34,40)(H,35,39)/t27-,28+,29+,30+,31-/m1/s1. The highest BCUT2D eigenvalue weighted by molar-refractivity contribution is 7.91. The van der Waals surface area contributed by atoms with Crippen molar-refractivity contribution in [2.45, 2.75) is 94.9 Å². The number of benzene rings is 1. The summed E-state index contributed by atoms with van der Waals surface area (Å²) in [5.41, 5.74) is 0.848. The van der Waals surface area contributed by atoms with Crippen LogP contribution < -0.4 is 10.6 Å². The summed E-state index contributed by atoms with van der Waals surface area (Å²) in [5.74, 6) is -1.45. The molecule has 4 N–H and O–H groups in total. The minimum atomic E-state index is -3.54. The first-order valence-electron chi connectivity index (χ1n) is 15.9. The van der Waals surface area contributed by atoms with Crippen LogP contribution in [0.1, 0.15) is 69.8 Å². The van der Waals surface area contributed by atoms with E-state index in [1.165, 1.54) is 6.42 Å². The summed E-state index contributed by atoms with van der Waals surface area (Å²) in [7, 11) is 0.0690. The molecule has 2 amide bonds. The summed E-state index contributed by atoms with van der Waals surface area (Å²) >= 11 is 0. The molecule has 0 unspecified atom stereocenters. The Balaban J connectivity index is 1.77. The fourth-order valence-corrected chi connectivity index (χ4v) is 7.67. The van der Waals surface area contributed by atoms with Crippen LogP contribution in [0.5, 0.6) is 0 Å². The van der Waals surface area contributed by atoms with Crippen molar-refractivity contribution < 1.29 is 28.2 Å². The number of hydrogen-bond donors (Lipinski definition) is 4. The lowest BCUT2D eigenvalue weighted by Gasteiger charge is -2.33. The second-order valence-electron chi connectivity index (χ2n) is 13.0. The lowest BCUT2D eigenvalue weighted by molar-refractivity contribution is -0.132. The highest BCUT2D eigenvalue weighted by atomic mass is 32.2. The molecule has 43 heavy (non-hydrogen) atoms. The molecular formula is C33H53N3O6S. The number of carbonyl (C=O) groups is 2. The zero-order valence-corrected chi connectivity index (χ0v) is 26.8. The van der Waals surface area contributed by atoms with Gasteiger partial charge in [-0.3, -0.25) is 9.59 Å². The van der Waals surface area contributed by atoms with Gasteiger partial charge in [0.2, 0.25) is 11.8 Å². The van der Waals surface area contributed by atoms with Gasteiger partial charge < -0.3 is 25.7 Å². The van der Waals surface area contributed by atoms with E-state index in [9.17, 15) is 28.2 Å². The lowest BCUT2D eigenvalue weighted by Crippen LogP contribution is -2.56. The molecular weight excluding hydrogens is 566 g/mol. The summed E-state index contributed by atoms with van der Waals surface area (Å²) < 4.78 is 26.1. The van der Waals surface area contributed by atoms with Crippen molar-refractivity contribution >= 4 is 21.7 Å². The van der Waals surface area contributed by atoms with Crippen LogP contribution >= 0.6 is 0 Å². The Morgan fingerprint density at radius 2 is 1.63 bits per heavy atom. The average molecular weight is 620 g/mol. The Kier molecular flexibility index (Phi) is 14.1. The van der Waals surface area contributed by atoms with Crippen LogP contribution in [0, 0.1) is 17.8 Å². The fourth-order valence-electron chi connectivity index (χ4n) is 5.97. The van der Waals surface area contributed by atoms with E-state index < -0.39 is 51.9 Å². The predicted octanol–water partition coefficient (Wildman–Crippen LogP) is 2.86. The van der Waals surface area contributed by atoms with Gasteiger partial charge in [0.25, 0.3) is 0 Å². The van der Waals surface area contributed by atoms with Crippen molar-refractivity contribution in [1.29, 1.82) is 0 Å². The second kappa shape index (κ2) is 17.3. The number of nitrogens with one attached hydrogen (secondary N) is 2. The third-order valence-corrected chi connectivity index (χ3v) is 10.5. The molecule has 9 nitrogen and oxygen atoms in total. The first kappa shape index (κ1) is 35.2. The molecule has 242 valence electrons. The smallest absolute Gasteiger partial charge is 0.242 e. The Hall–Kier alpha value is -2.27. The van der Waals surface area contributed by atoms with Gasteiger partial charge in [0.15, 0.2) is 9.84 Å². The minimum Gasteiger partial charge on any atom is -0.390 e. The van der Waals surface area contributed by atoms with E-state index >= 15 is 0 Å². The Morgan fingerprint density at radius 1 is 0.977 bits per heavy atom. The summed E-state index contributed by atoms with van der Waals surface area (Å²) in [6.07, 6.45) is 8.11. The number of rotatable bonds is 19. The second-order valence-corrected chi connectivity index (χ2v) is 15.2. The van der Waals surface area contributed by atoms with Crippen LogP contribution in [0.4, 0.5) is 0 Å². The van der Waals surface area contributed by atoms with Gasteiger partial charge in [0.1, 0.15) is 12.1 Å². The van der Waals surface area contributed by atoms with Crippen LogP contribution in [0.3, 0.4) is 0 Å². The molecule has 0 aromatic heterocycles. The van der Waals surface area contributed by atoms with Gasteiger partial charge >= 0.3 is 0 Å². The number of nitrogens with zero attached hydrogens (tertiary/aromatic N) is 1. The highest BCUT2D eigenvalue weighted by Crippen LogP contribution is 2.34. The molecule has 0 spiro atoms. The molecule has 3 rings (SSSR count). The molecule has 10 heteroatoms. The summed E-state index contributed by atoms with van der Waals surface area (Å²) in [6.45, 7) is 4.02. The molecule has 2 aliphatic carbocycles. The molecule has 2 aliphatic rings. The molecule has 0 saturated heterocycles. The van der Waals surface area contributed by atoms with E-state index in [2.05, 4.69) is 17.2 Å². The topological polar surface area (TPSA) is 136 Å². The van der Waals surface area contributed by atoms with Crippen molar-refractivity contribution in [3.63, 3.8) is 0 Å². The minimum absolute atomic E-state index is 0.0572. The van der Waals surface area contributed by atoms with Gasteiger partial charge in [-0.1, -0.05) is 81.4 Å². The zero-order valence-electron chi connectivity index (χ0n) is 26.0. The molecule has 1 aromatic rings. The Morgan fingerprint density at radius 3 is 2.23 bits per heavy atom. The van der Waals surface area contributed by atoms with Crippen LogP contribution in [-0.2, 0) is 25.8 Å². The van der Waals surface area contributed by atoms with E-state index in [0.717, 1.165) is 44.1 Å². The zero-order chi connectivity index (χ0) is 31.4. The predicted molar refractivity (Wildman–Crippen MR) is 170 cm³/mol. The maximum absolute atomic E-state index is 13.8. The van der Waals surface area contributed by atoms with Crippen LogP contribution in [0.25, 0.3) is 0 Å². The third-order valence-electron chi connectivity index (χ3n) is 8.75. The number of carbonyl (C=O) groups excluding carboxylic acids is 2. The van der Waals surface area contributed by atoms with Crippen molar-refractivity contribution in [2.24, 2.45) is 17.8 Å². The number of aliphatic hydroxyl groups excluding tert-OH is 2. The maximum Gasteiger partial charge on any atom is 0.242 e. The van der Waals surface area contributed by atoms with Crippen molar-refractivity contribution in [2.75, 3.05) is 32.1 Å². The summed E-state index contributed by atoms with van der Waals surface area (Å²) in [4.78, 5) is 29.3. The average Bonchev–Trinajstić information content (AvgIpc) is 3.80. The number of hydrogen-bond acceptors (Lipinski definition) is 7. The molecule has 2 fully saturated rings. The van der Waals surface area contributed by atoms with Gasteiger partial charge in [-0.2, -0.15) is 0 Å². The first-order valence-corrected chi connectivity index (χ1v) is 17.8. The van der Waals surface area contributed by atoms with Crippen molar-refractivity contribution in [3.8, 4) is 0 Å². The van der Waals surface area contributed by atoms with Crippen molar-refractivity contribution in [1.82, 2.24) is 15.5 Å².